The van der Waals surface area contributed by atoms with E-state index in [-0.39, 0.29) is 47.1 Å². The van der Waals surface area contributed by atoms with E-state index in [1.54, 1.807) is 13.3 Å². The van der Waals surface area contributed by atoms with E-state index < -0.39 is 28.0 Å². The van der Waals surface area contributed by atoms with Crippen molar-refractivity contribution in [2.45, 2.75) is 96.7 Å². The molecule has 2 fully saturated rings. The number of hydrogen-bond donors (Lipinski definition) is 2. The molecule has 9 nitrogen and oxygen atoms in total. The molecule has 2 amide bonds. The molecule has 0 spiro atoms. The van der Waals surface area contributed by atoms with Gasteiger partial charge in [-0.05, 0) is 104 Å². The molecule has 4 aromatic rings. The maximum atomic E-state index is 15.4. The van der Waals surface area contributed by atoms with Gasteiger partial charge in [0.25, 0.3) is 5.91 Å². The van der Waals surface area contributed by atoms with Crippen LogP contribution in [0.4, 0.5) is 26.0 Å². The van der Waals surface area contributed by atoms with Crippen molar-refractivity contribution < 1.29 is 18.4 Å². The van der Waals surface area contributed by atoms with E-state index in [0.29, 0.717) is 16.7 Å². The zero-order valence-electron chi connectivity index (χ0n) is 29.5. The van der Waals surface area contributed by atoms with E-state index in [9.17, 15) is 9.59 Å². The number of halogens is 3. The summed E-state index contributed by atoms with van der Waals surface area (Å²) in [6.07, 6.45) is 7.26. The lowest BCUT2D eigenvalue weighted by Crippen LogP contribution is -2.64. The van der Waals surface area contributed by atoms with Gasteiger partial charge in [0.05, 0.1) is 39.2 Å². The van der Waals surface area contributed by atoms with Gasteiger partial charge in [-0.3, -0.25) is 14.5 Å². The second-order valence-electron chi connectivity index (χ2n) is 15.0. The Labute approximate surface area is 296 Å². The second-order valence-corrected chi connectivity index (χ2v) is 15.4. The molecule has 2 aliphatic heterocycles. The topological polar surface area (TPSA) is 95.4 Å². The number of pyridine rings is 1. The van der Waals surface area contributed by atoms with Gasteiger partial charge in [-0.25, -0.2) is 18.7 Å². The fourth-order valence-electron chi connectivity index (χ4n) is 8.07. The van der Waals surface area contributed by atoms with Crippen molar-refractivity contribution in [1.82, 2.24) is 24.8 Å². The largest absolute Gasteiger partial charge is 0.352 e. The zero-order chi connectivity index (χ0) is 35.7. The first-order valence-electron chi connectivity index (χ1n) is 17.6. The van der Waals surface area contributed by atoms with Crippen LogP contribution in [0.3, 0.4) is 0 Å². The van der Waals surface area contributed by atoms with Crippen LogP contribution in [-0.2, 0) is 10.2 Å². The minimum absolute atomic E-state index is 0.0224. The molecule has 264 valence electrons. The number of hydrogen-bond acceptors (Lipinski definition) is 6. The van der Waals surface area contributed by atoms with Gasteiger partial charge in [-0.2, -0.15) is 0 Å². The van der Waals surface area contributed by atoms with Crippen molar-refractivity contribution in [3.8, 4) is 11.3 Å². The lowest BCUT2D eigenvalue weighted by Gasteiger charge is -2.55. The van der Waals surface area contributed by atoms with Crippen LogP contribution < -0.4 is 15.5 Å². The number of benzene rings is 2. The first kappa shape index (κ1) is 34.4. The van der Waals surface area contributed by atoms with Gasteiger partial charge >= 0.3 is 0 Å². The van der Waals surface area contributed by atoms with Gasteiger partial charge < -0.3 is 20.1 Å². The number of piperidine rings is 1. The molecule has 2 N–H and O–H groups in total. The van der Waals surface area contributed by atoms with Crippen LogP contribution in [0.15, 0.2) is 36.7 Å². The number of aromatic nitrogens is 3. The Morgan fingerprint density at radius 3 is 2.46 bits per heavy atom. The molecule has 0 unspecified atom stereocenters. The van der Waals surface area contributed by atoms with Gasteiger partial charge in [0, 0.05) is 35.4 Å². The quantitative estimate of drug-likeness (QED) is 0.180. The summed E-state index contributed by atoms with van der Waals surface area (Å²) in [6, 6.07) is 9.10. The maximum absolute atomic E-state index is 15.4. The number of rotatable bonds is 8. The summed E-state index contributed by atoms with van der Waals surface area (Å²) in [5, 5.41) is 4.97. The van der Waals surface area contributed by atoms with Crippen molar-refractivity contribution in [2.75, 3.05) is 29.9 Å². The van der Waals surface area contributed by atoms with E-state index in [0.717, 1.165) is 42.7 Å². The normalized spacial score (nSPS) is 21.8. The molecule has 50 heavy (non-hydrogen) atoms. The summed E-state index contributed by atoms with van der Waals surface area (Å²) in [5.41, 5.74) is 3.25. The number of carbonyl (C=O) groups is 2. The van der Waals surface area contributed by atoms with Gasteiger partial charge in [-0.15, -0.1) is 0 Å². The van der Waals surface area contributed by atoms with Crippen LogP contribution in [0.2, 0.25) is 5.02 Å². The third-order valence-electron chi connectivity index (χ3n) is 10.9. The number of anilines is 3. The van der Waals surface area contributed by atoms with Crippen molar-refractivity contribution >= 4 is 51.6 Å². The second kappa shape index (κ2) is 12.6. The molecule has 2 aromatic carbocycles. The molecule has 1 saturated carbocycles. The predicted molar refractivity (Wildman–Crippen MR) is 193 cm³/mol. The number of carbonyl (C=O) groups excluding carboxylic acids is 2. The number of amides is 2. The molecular formula is C38H44ClF2N7O2. The smallest absolute Gasteiger partial charge is 0.252 e. The Bertz CT molecular complexity index is 2010. The standard InChI is InChI=1S/C38H44ClF2N7O2/c1-7-42-35(49)24-16-27(31(40)32(41)30(24)39)45-34-33-28(43-20-47(33)21(2)3)17-26(44-34)22-11-12-25-29(15-22)48(36(50)37(25,4)5)23-18-38(6,19-23)46-13-9-8-10-14-46/h11-12,15-17,20-21,23H,7-10,13-14,18-19H2,1-6H3,(H,42,49)(H,44,45)/t23-,38+. The highest BCUT2D eigenvalue weighted by Gasteiger charge is 2.54. The van der Waals surface area contributed by atoms with Crippen molar-refractivity contribution in [3.05, 3.63) is 64.4 Å². The van der Waals surface area contributed by atoms with E-state index in [4.69, 9.17) is 16.6 Å². The van der Waals surface area contributed by atoms with Crippen molar-refractivity contribution in [1.29, 1.82) is 0 Å². The Morgan fingerprint density at radius 2 is 1.78 bits per heavy atom. The van der Waals surface area contributed by atoms with Crippen molar-refractivity contribution in [2.24, 2.45) is 0 Å². The van der Waals surface area contributed by atoms with E-state index in [1.165, 1.54) is 25.3 Å². The Kier molecular flexibility index (Phi) is 8.66. The third-order valence-corrected chi connectivity index (χ3v) is 11.3. The van der Waals surface area contributed by atoms with E-state index in [1.807, 2.05) is 61.4 Å². The zero-order valence-corrected chi connectivity index (χ0v) is 30.2. The van der Waals surface area contributed by atoms with E-state index in [2.05, 4.69) is 27.4 Å². The maximum Gasteiger partial charge on any atom is 0.252 e. The van der Waals surface area contributed by atoms with Gasteiger partial charge in [0.1, 0.15) is 5.52 Å². The Morgan fingerprint density at radius 1 is 1.06 bits per heavy atom. The van der Waals surface area contributed by atoms with Crippen molar-refractivity contribution in [3.63, 3.8) is 0 Å². The molecule has 7 rings (SSSR count). The SMILES string of the molecule is CCNC(=O)c1cc(Nc2nc(-c3ccc4c(c3)N([C@H]3C[C@@](C)(N5CCCCC5)C3)C(=O)C4(C)C)cc3ncn(C(C)C)c23)c(F)c(F)c1Cl. The predicted octanol–water partition coefficient (Wildman–Crippen LogP) is 8.14. The summed E-state index contributed by atoms with van der Waals surface area (Å²) in [7, 11) is 0. The summed E-state index contributed by atoms with van der Waals surface area (Å²) in [4.78, 5) is 40.9. The summed E-state index contributed by atoms with van der Waals surface area (Å²) in [6.45, 7) is 14.5. The number of nitrogens with zero attached hydrogens (tertiary/aromatic N) is 5. The minimum atomic E-state index is -1.33. The summed E-state index contributed by atoms with van der Waals surface area (Å²) >= 11 is 6.07. The molecule has 12 heteroatoms. The fourth-order valence-corrected chi connectivity index (χ4v) is 8.29. The molecule has 0 atom stereocenters. The number of imidazole rings is 1. The van der Waals surface area contributed by atoms with Crippen LogP contribution >= 0.6 is 11.6 Å². The molecule has 1 saturated heterocycles. The molecule has 1 aliphatic carbocycles. The number of fused-ring (bicyclic) bond motifs is 2. The van der Waals surface area contributed by atoms with Gasteiger partial charge in [0.2, 0.25) is 5.91 Å². The minimum Gasteiger partial charge on any atom is -0.352 e. The molecular weight excluding hydrogens is 660 g/mol. The van der Waals surface area contributed by atoms with Gasteiger partial charge in [0.15, 0.2) is 17.5 Å². The number of likely N-dealkylation sites (tertiary alicyclic amines) is 1. The fraction of sp³-hybridized carbons (Fsp3) is 0.474. The van der Waals surface area contributed by atoms with Crippen LogP contribution in [-0.4, -0.2) is 62.5 Å². The summed E-state index contributed by atoms with van der Waals surface area (Å²) < 4.78 is 32.4. The Hall–Kier alpha value is -4.09. The van der Waals surface area contributed by atoms with Crippen LogP contribution in [0.1, 0.15) is 95.6 Å². The lowest BCUT2D eigenvalue weighted by molar-refractivity contribution is -0.123. The molecule has 4 heterocycles. The number of nitrogens with one attached hydrogen (secondary N) is 2. The molecule has 0 radical (unpaired) electrons. The van der Waals surface area contributed by atoms with Gasteiger partial charge in [-0.1, -0.05) is 30.2 Å². The highest BCUT2D eigenvalue weighted by Crippen LogP contribution is 2.50. The lowest BCUT2D eigenvalue weighted by atomic mass is 9.71. The Balaban J connectivity index is 1.29. The van der Waals surface area contributed by atoms with Crippen LogP contribution in [0.5, 0.6) is 0 Å². The highest BCUT2D eigenvalue weighted by molar-refractivity contribution is 6.34. The monoisotopic (exact) mass is 703 g/mol. The summed E-state index contributed by atoms with van der Waals surface area (Å²) in [5.74, 6) is -2.86. The average Bonchev–Trinajstić information content (AvgIpc) is 3.60. The molecule has 2 aromatic heterocycles. The van der Waals surface area contributed by atoms with Crippen LogP contribution in [0, 0.1) is 11.6 Å². The van der Waals surface area contributed by atoms with Crippen LogP contribution in [0.25, 0.3) is 22.3 Å². The van der Waals surface area contributed by atoms with E-state index >= 15 is 8.78 Å². The molecule has 3 aliphatic rings. The average molecular weight is 704 g/mol. The highest BCUT2D eigenvalue weighted by atomic mass is 35.5. The first-order chi connectivity index (χ1) is 23.7. The first-order valence-corrected chi connectivity index (χ1v) is 18.0. The molecule has 0 bridgehead atoms. The third kappa shape index (κ3) is 5.53.